The van der Waals surface area contributed by atoms with Crippen LogP contribution in [0, 0.1) is 6.92 Å². The van der Waals surface area contributed by atoms with Crippen LogP contribution in [-0.4, -0.2) is 53.0 Å². The lowest BCUT2D eigenvalue weighted by Gasteiger charge is -2.12. The third kappa shape index (κ3) is 6.45. The zero-order valence-corrected chi connectivity index (χ0v) is 19.3. The van der Waals surface area contributed by atoms with Crippen molar-refractivity contribution in [1.29, 1.82) is 0 Å². The fraction of sp³-hybridized carbons (Fsp3) is 0.450. The molecule has 0 saturated heterocycles. The number of aryl methyl sites for hydroxylation is 1. The highest BCUT2D eigenvalue weighted by molar-refractivity contribution is 7.91. The monoisotopic (exact) mass is 438 g/mol. The number of sulfonamides is 1. The van der Waals surface area contributed by atoms with Gasteiger partial charge in [0.2, 0.25) is 0 Å². The largest absolute Gasteiger partial charge is 0.496 e. The number of hydrogen-bond donors (Lipinski definition) is 2. The zero-order chi connectivity index (χ0) is 21.4. The molecule has 0 amide bonds. The van der Waals surface area contributed by atoms with E-state index in [9.17, 15) is 8.42 Å². The number of ether oxygens (including phenoxy) is 1. The molecule has 160 valence electrons. The van der Waals surface area contributed by atoms with E-state index in [1.54, 1.807) is 13.2 Å². The highest BCUT2D eigenvalue weighted by Crippen LogP contribution is 2.24. The molecular formula is C20H30N4O3S2. The second kappa shape index (κ2) is 10.6. The number of benzene rings is 1. The second-order valence-corrected chi connectivity index (χ2v) is 10.2. The van der Waals surface area contributed by atoms with Gasteiger partial charge < -0.3 is 15.4 Å². The molecular weight excluding hydrogens is 408 g/mol. The number of methoxy groups -OCH3 is 1. The number of rotatable bonds is 9. The summed E-state index contributed by atoms with van der Waals surface area (Å²) in [5.74, 6) is 1.60. The van der Waals surface area contributed by atoms with E-state index >= 15 is 0 Å². The van der Waals surface area contributed by atoms with E-state index < -0.39 is 10.0 Å². The Morgan fingerprint density at radius 3 is 2.62 bits per heavy atom. The fourth-order valence-corrected chi connectivity index (χ4v) is 5.05. The minimum atomic E-state index is -3.40. The van der Waals surface area contributed by atoms with Crippen molar-refractivity contribution in [2.45, 2.75) is 31.0 Å². The molecule has 0 bridgehead atoms. The number of nitrogens with one attached hydrogen (secondary N) is 2. The Balaban J connectivity index is 1.97. The Bertz CT molecular complexity index is 937. The molecule has 0 aliphatic carbocycles. The van der Waals surface area contributed by atoms with Gasteiger partial charge in [-0.3, -0.25) is 0 Å². The lowest BCUT2D eigenvalue weighted by molar-refractivity contribution is 0.411. The van der Waals surface area contributed by atoms with Gasteiger partial charge in [-0.05, 0) is 49.6 Å². The van der Waals surface area contributed by atoms with Crippen LogP contribution in [0.15, 0.2) is 39.5 Å². The second-order valence-electron chi connectivity index (χ2n) is 6.68. The van der Waals surface area contributed by atoms with Crippen LogP contribution in [-0.2, 0) is 23.0 Å². The molecule has 0 saturated carbocycles. The lowest BCUT2D eigenvalue weighted by atomic mass is 10.1. The summed E-state index contributed by atoms with van der Waals surface area (Å²) in [4.78, 5) is 5.47. The topological polar surface area (TPSA) is 83.0 Å². The first kappa shape index (κ1) is 23.2. The first-order chi connectivity index (χ1) is 13.8. The Morgan fingerprint density at radius 2 is 1.97 bits per heavy atom. The van der Waals surface area contributed by atoms with Crippen LogP contribution < -0.4 is 15.4 Å². The molecule has 1 heterocycles. The summed E-state index contributed by atoms with van der Waals surface area (Å²) in [5, 5.41) is 6.54. The smallest absolute Gasteiger partial charge is 0.252 e. The van der Waals surface area contributed by atoms with E-state index in [-0.39, 0.29) is 0 Å². The average Bonchev–Trinajstić information content (AvgIpc) is 3.17. The Kier molecular flexibility index (Phi) is 8.48. The van der Waals surface area contributed by atoms with Gasteiger partial charge in [-0.1, -0.05) is 12.1 Å². The normalized spacial score (nSPS) is 12.3. The van der Waals surface area contributed by atoms with Gasteiger partial charge in [0.15, 0.2) is 5.96 Å². The molecule has 0 aliphatic rings. The number of aliphatic imine (C=N–C) groups is 1. The molecule has 9 heteroatoms. The van der Waals surface area contributed by atoms with Crippen LogP contribution in [0.1, 0.15) is 22.9 Å². The van der Waals surface area contributed by atoms with E-state index in [1.807, 2.05) is 19.9 Å². The molecule has 0 unspecified atom stereocenters. The zero-order valence-electron chi connectivity index (χ0n) is 17.7. The first-order valence-electron chi connectivity index (χ1n) is 9.44. The van der Waals surface area contributed by atoms with E-state index in [1.165, 1.54) is 35.3 Å². The third-order valence-corrected chi connectivity index (χ3v) is 7.64. The van der Waals surface area contributed by atoms with Crippen LogP contribution >= 0.6 is 11.3 Å². The Labute approximate surface area is 177 Å². The van der Waals surface area contributed by atoms with Gasteiger partial charge in [0.1, 0.15) is 9.96 Å². The molecule has 0 radical (unpaired) electrons. The van der Waals surface area contributed by atoms with Crippen LogP contribution in [0.25, 0.3) is 0 Å². The number of nitrogens with zero attached hydrogens (tertiary/aromatic N) is 2. The first-order valence-corrected chi connectivity index (χ1v) is 11.7. The van der Waals surface area contributed by atoms with Crippen molar-refractivity contribution >= 4 is 27.3 Å². The van der Waals surface area contributed by atoms with E-state index in [2.05, 4.69) is 33.8 Å². The molecule has 0 spiro atoms. The quantitative estimate of drug-likeness (QED) is 0.465. The number of hydrogen-bond acceptors (Lipinski definition) is 5. The Hall–Kier alpha value is -2.10. The Morgan fingerprint density at radius 1 is 1.21 bits per heavy atom. The summed E-state index contributed by atoms with van der Waals surface area (Å²) in [6.45, 7) is 5.92. The fourth-order valence-electron chi connectivity index (χ4n) is 2.61. The third-order valence-electron chi connectivity index (χ3n) is 4.29. The van der Waals surface area contributed by atoms with Gasteiger partial charge in [-0.2, -0.15) is 0 Å². The molecule has 29 heavy (non-hydrogen) atoms. The van der Waals surface area contributed by atoms with Crippen molar-refractivity contribution in [3.05, 3.63) is 46.3 Å². The van der Waals surface area contributed by atoms with Crippen LogP contribution in [0.4, 0.5) is 0 Å². The van der Waals surface area contributed by atoms with E-state index in [4.69, 9.17) is 4.74 Å². The van der Waals surface area contributed by atoms with E-state index in [0.29, 0.717) is 16.7 Å². The van der Waals surface area contributed by atoms with Crippen molar-refractivity contribution in [3.8, 4) is 5.75 Å². The number of guanidine groups is 1. The van der Waals surface area contributed by atoms with Crippen molar-refractivity contribution in [3.63, 3.8) is 0 Å². The molecule has 0 aliphatic heterocycles. The molecule has 1 aromatic heterocycles. The van der Waals surface area contributed by atoms with Crippen LogP contribution in [0.3, 0.4) is 0 Å². The van der Waals surface area contributed by atoms with Gasteiger partial charge in [0.25, 0.3) is 10.0 Å². The summed E-state index contributed by atoms with van der Waals surface area (Å²) in [6.07, 6.45) is 0.839. The summed E-state index contributed by atoms with van der Waals surface area (Å²) >= 11 is 1.25. The highest BCUT2D eigenvalue weighted by Gasteiger charge is 2.19. The minimum absolute atomic E-state index is 0.332. The van der Waals surface area contributed by atoms with E-state index in [0.717, 1.165) is 35.7 Å². The van der Waals surface area contributed by atoms with Gasteiger partial charge in [0.05, 0.1) is 13.7 Å². The van der Waals surface area contributed by atoms with Crippen LogP contribution in [0.5, 0.6) is 5.75 Å². The molecule has 2 rings (SSSR count). The summed E-state index contributed by atoms with van der Waals surface area (Å²) in [5.41, 5.74) is 2.30. The molecule has 2 N–H and O–H groups in total. The summed E-state index contributed by atoms with van der Waals surface area (Å²) in [7, 11) is 1.35. The predicted octanol–water partition coefficient (Wildman–Crippen LogP) is 2.61. The summed E-state index contributed by atoms with van der Waals surface area (Å²) < 4.78 is 31.3. The van der Waals surface area contributed by atoms with Gasteiger partial charge in [-0.25, -0.2) is 17.7 Å². The molecule has 2 aromatic rings. The molecule has 7 nitrogen and oxygen atoms in total. The van der Waals surface area contributed by atoms with Gasteiger partial charge >= 0.3 is 0 Å². The van der Waals surface area contributed by atoms with Gasteiger partial charge in [-0.15, -0.1) is 11.3 Å². The standard InChI is InChI=1S/C20H30N4O3S2/c1-6-21-20(22-12-11-16-8-7-15(2)18(13-16)27-5)23-14-17-9-10-19(28-17)29(25,26)24(3)4/h7-10,13H,6,11-12,14H2,1-5H3,(H2,21,22,23). The van der Waals surface area contributed by atoms with Crippen molar-refractivity contribution in [2.24, 2.45) is 4.99 Å². The molecule has 1 aromatic carbocycles. The van der Waals surface area contributed by atoms with Crippen molar-refractivity contribution in [1.82, 2.24) is 14.9 Å². The number of thiophene rings is 1. The van der Waals surface area contributed by atoms with Crippen LogP contribution in [0.2, 0.25) is 0 Å². The average molecular weight is 439 g/mol. The van der Waals surface area contributed by atoms with Crippen molar-refractivity contribution < 1.29 is 13.2 Å². The maximum absolute atomic E-state index is 12.2. The predicted molar refractivity (Wildman–Crippen MR) is 119 cm³/mol. The summed E-state index contributed by atoms with van der Waals surface area (Å²) in [6, 6.07) is 9.66. The molecule has 0 fully saturated rings. The highest BCUT2D eigenvalue weighted by atomic mass is 32.2. The molecule has 0 atom stereocenters. The minimum Gasteiger partial charge on any atom is -0.496 e. The lowest BCUT2D eigenvalue weighted by Crippen LogP contribution is -2.38. The van der Waals surface area contributed by atoms with Crippen molar-refractivity contribution in [2.75, 3.05) is 34.3 Å². The maximum Gasteiger partial charge on any atom is 0.252 e. The van der Waals surface area contributed by atoms with Gasteiger partial charge in [0, 0.05) is 32.1 Å². The maximum atomic E-state index is 12.2. The SMILES string of the molecule is CCNC(=NCc1ccc(S(=O)(=O)N(C)C)s1)NCCc1ccc(C)c(OC)c1.